The highest BCUT2D eigenvalue weighted by atomic mass is 16.6. The van der Waals surface area contributed by atoms with Crippen molar-refractivity contribution in [2.75, 3.05) is 13.2 Å². The average Bonchev–Trinajstić information content (AvgIpc) is 3.55. The summed E-state index contributed by atoms with van der Waals surface area (Å²) < 4.78 is 10.7. The monoisotopic (exact) mass is 1180 g/mol. The number of aliphatic hydroxyl groups is 1. The number of allylic oxidation sites excluding steroid dienone is 36. The molecule has 0 aliphatic rings. The second-order valence-corrected chi connectivity index (χ2v) is 21.8. The Morgan fingerprint density at radius 3 is 0.721 bits per heavy atom. The summed E-state index contributed by atoms with van der Waals surface area (Å²) in [5.41, 5.74) is 0. The first-order valence-corrected chi connectivity index (χ1v) is 34.3. The zero-order valence-electron chi connectivity index (χ0n) is 54.7. The molecule has 0 aromatic rings. The molecule has 5 heteroatoms. The molecule has 5 nitrogen and oxygen atoms in total. The number of carbonyl (C=O) groups excluding carboxylic acids is 2. The van der Waals surface area contributed by atoms with Crippen molar-refractivity contribution < 1.29 is 24.2 Å². The molecule has 0 spiro atoms. The maximum Gasteiger partial charge on any atom is 0.306 e. The lowest BCUT2D eigenvalue weighted by molar-refractivity contribution is -0.161. The standard InChI is InChI=1S/C81H124O5/c1-3-5-7-9-11-13-15-17-19-21-23-25-27-29-31-33-35-37-38-39-40-41-42-44-46-48-50-52-54-56-58-60-62-64-66-68-70-72-74-76-81(84)86-79(77-82)78-85-80(83)75-73-71-69-67-65-63-61-59-57-55-53-51-49-47-45-43-36-34-32-30-28-26-24-22-20-18-16-14-12-10-8-6-4-2/h5-8,11-14,17-20,23-26,29-32,35-37,39-40,42-44,48,50,54,56,60,62,66,68,79,82H,3-4,9-10,15-16,21-22,27-28,33-34,38,41,45-47,49,51-53,55,57-59,61,63-65,67,69-78H2,1-2H3/b7-5-,8-6-,13-11-,14-12-,19-17-,20-18-,25-23-,26-24-,31-29-,32-30-,37-35-,40-39-,43-36-,44-42-,50-48-,56-54-,62-60-,68-66-. The lowest BCUT2D eigenvalue weighted by Crippen LogP contribution is -2.28. The zero-order valence-corrected chi connectivity index (χ0v) is 54.7. The Morgan fingerprint density at radius 2 is 0.465 bits per heavy atom. The number of rotatable bonds is 60. The molecule has 0 fully saturated rings. The molecular weight excluding hydrogens is 1050 g/mol. The van der Waals surface area contributed by atoms with E-state index in [4.69, 9.17) is 9.47 Å². The predicted octanol–water partition coefficient (Wildman–Crippen LogP) is 24.3. The van der Waals surface area contributed by atoms with Gasteiger partial charge < -0.3 is 14.6 Å². The van der Waals surface area contributed by atoms with Crippen molar-refractivity contribution in [3.05, 3.63) is 219 Å². The zero-order chi connectivity index (χ0) is 61.9. The maximum atomic E-state index is 12.3. The van der Waals surface area contributed by atoms with Crippen LogP contribution in [0.25, 0.3) is 0 Å². The molecule has 0 aromatic carbocycles. The number of carbonyl (C=O) groups is 2. The molecule has 478 valence electrons. The molecule has 0 radical (unpaired) electrons. The van der Waals surface area contributed by atoms with Gasteiger partial charge in [0.05, 0.1) is 6.61 Å². The van der Waals surface area contributed by atoms with Crippen LogP contribution in [-0.4, -0.2) is 36.4 Å². The minimum atomic E-state index is -0.814. The molecular formula is C81H124O5. The summed E-state index contributed by atoms with van der Waals surface area (Å²) in [5, 5.41) is 9.69. The molecule has 0 amide bonds. The van der Waals surface area contributed by atoms with Gasteiger partial charge in [0, 0.05) is 12.8 Å². The number of ether oxygens (including phenoxy) is 2. The summed E-state index contributed by atoms with van der Waals surface area (Å²) in [4.78, 5) is 24.6. The third-order valence-corrected chi connectivity index (χ3v) is 13.8. The second-order valence-electron chi connectivity index (χ2n) is 21.8. The van der Waals surface area contributed by atoms with E-state index >= 15 is 0 Å². The van der Waals surface area contributed by atoms with Crippen LogP contribution in [0.3, 0.4) is 0 Å². The largest absolute Gasteiger partial charge is 0.462 e. The molecule has 1 unspecified atom stereocenters. The molecule has 0 aromatic heterocycles. The van der Waals surface area contributed by atoms with E-state index in [2.05, 4.69) is 233 Å². The minimum absolute atomic E-state index is 0.0974. The van der Waals surface area contributed by atoms with E-state index in [1.165, 1.54) is 77.0 Å². The predicted molar refractivity (Wildman–Crippen MR) is 379 cm³/mol. The highest BCUT2D eigenvalue weighted by molar-refractivity contribution is 5.70. The normalized spacial score (nSPS) is 13.7. The first-order chi connectivity index (χ1) is 42.6. The fourth-order valence-electron chi connectivity index (χ4n) is 8.72. The van der Waals surface area contributed by atoms with Gasteiger partial charge in [-0.25, -0.2) is 0 Å². The first kappa shape index (κ1) is 80.2. The number of hydrogen-bond donors (Lipinski definition) is 1. The van der Waals surface area contributed by atoms with Crippen LogP contribution in [0.15, 0.2) is 219 Å². The van der Waals surface area contributed by atoms with E-state index in [9.17, 15) is 14.7 Å². The first-order valence-electron chi connectivity index (χ1n) is 34.3. The van der Waals surface area contributed by atoms with E-state index < -0.39 is 6.10 Å². The van der Waals surface area contributed by atoms with Gasteiger partial charge in [0.25, 0.3) is 0 Å². The Kier molecular flexibility index (Phi) is 68.5. The summed E-state index contributed by atoms with van der Waals surface area (Å²) in [7, 11) is 0. The number of hydrogen-bond acceptors (Lipinski definition) is 5. The van der Waals surface area contributed by atoms with Crippen LogP contribution in [-0.2, 0) is 19.1 Å². The van der Waals surface area contributed by atoms with Crippen LogP contribution in [0, 0.1) is 0 Å². The SMILES string of the molecule is CC/C=C\C/C=C\C/C=C\C/C=C\C/C=C\C/C=C\C/C=C\C/C=C\C/C=C\C/C=C\C/C=C\C/C=C\CCCCC(=O)OC(CO)COC(=O)CCCCCCCCCCCCCCCC/C=C\C/C=C\C/C=C\C/C=C\C/C=C\C/C=C\CC. The van der Waals surface area contributed by atoms with Crippen molar-refractivity contribution in [2.24, 2.45) is 0 Å². The van der Waals surface area contributed by atoms with Crippen LogP contribution >= 0.6 is 0 Å². The van der Waals surface area contributed by atoms with Gasteiger partial charge in [-0.15, -0.1) is 0 Å². The number of esters is 2. The highest BCUT2D eigenvalue weighted by Gasteiger charge is 2.16. The van der Waals surface area contributed by atoms with Crippen LogP contribution in [0.4, 0.5) is 0 Å². The fourth-order valence-corrected chi connectivity index (χ4v) is 8.72. The number of aliphatic hydroxyl groups excluding tert-OH is 1. The Morgan fingerprint density at radius 1 is 0.267 bits per heavy atom. The second kappa shape index (κ2) is 73.5. The van der Waals surface area contributed by atoms with E-state index in [-0.39, 0.29) is 31.6 Å². The van der Waals surface area contributed by atoms with E-state index in [1.807, 2.05) is 0 Å². The highest BCUT2D eigenvalue weighted by Crippen LogP contribution is 2.15. The van der Waals surface area contributed by atoms with E-state index in [0.717, 1.165) is 148 Å². The molecule has 0 aliphatic heterocycles. The molecule has 0 rings (SSSR count). The summed E-state index contributed by atoms with van der Waals surface area (Å²) in [6, 6.07) is 0. The van der Waals surface area contributed by atoms with Gasteiger partial charge in [0.2, 0.25) is 0 Å². The lowest BCUT2D eigenvalue weighted by Gasteiger charge is -2.15. The molecule has 86 heavy (non-hydrogen) atoms. The van der Waals surface area contributed by atoms with Gasteiger partial charge >= 0.3 is 11.9 Å². The van der Waals surface area contributed by atoms with Crippen molar-refractivity contribution >= 4 is 11.9 Å². The molecule has 0 bridgehead atoms. The van der Waals surface area contributed by atoms with Crippen molar-refractivity contribution in [2.45, 2.75) is 264 Å². The Hall–Kier alpha value is -5.78. The third-order valence-electron chi connectivity index (χ3n) is 13.8. The average molecular weight is 1180 g/mol. The van der Waals surface area contributed by atoms with Crippen molar-refractivity contribution in [3.63, 3.8) is 0 Å². The third kappa shape index (κ3) is 70.7. The summed E-state index contributed by atoms with van der Waals surface area (Å²) in [5.74, 6) is -0.655. The van der Waals surface area contributed by atoms with Crippen molar-refractivity contribution in [1.29, 1.82) is 0 Å². The number of unbranched alkanes of at least 4 members (excludes halogenated alkanes) is 16. The molecule has 1 N–H and O–H groups in total. The molecule has 0 aliphatic carbocycles. The van der Waals surface area contributed by atoms with E-state index in [1.54, 1.807) is 0 Å². The lowest BCUT2D eigenvalue weighted by atomic mass is 10.0. The van der Waals surface area contributed by atoms with Gasteiger partial charge in [0.15, 0.2) is 6.10 Å². The summed E-state index contributed by atoms with van der Waals surface area (Å²) in [6.45, 7) is 3.87. The van der Waals surface area contributed by atoms with Gasteiger partial charge in [-0.3, -0.25) is 9.59 Å². The Bertz CT molecular complexity index is 2060. The topological polar surface area (TPSA) is 72.8 Å². The van der Waals surface area contributed by atoms with Crippen molar-refractivity contribution in [1.82, 2.24) is 0 Å². The summed E-state index contributed by atoms with van der Waals surface area (Å²) >= 11 is 0. The summed E-state index contributed by atoms with van der Waals surface area (Å²) in [6.07, 6.45) is 119. The van der Waals surface area contributed by atoms with Crippen LogP contribution in [0.1, 0.15) is 258 Å². The van der Waals surface area contributed by atoms with Gasteiger partial charge in [-0.1, -0.05) is 310 Å². The quantitative estimate of drug-likeness (QED) is 0.0373. The van der Waals surface area contributed by atoms with Crippen LogP contribution in [0.5, 0.6) is 0 Å². The minimum Gasteiger partial charge on any atom is -0.462 e. The Labute approximate surface area is 529 Å². The van der Waals surface area contributed by atoms with Crippen molar-refractivity contribution in [3.8, 4) is 0 Å². The smallest absolute Gasteiger partial charge is 0.306 e. The van der Waals surface area contributed by atoms with Crippen LogP contribution < -0.4 is 0 Å². The van der Waals surface area contributed by atoms with E-state index in [0.29, 0.717) is 12.8 Å². The molecule has 0 saturated carbocycles. The van der Waals surface area contributed by atoms with Gasteiger partial charge in [-0.05, 0) is 154 Å². The molecule has 0 heterocycles. The molecule has 1 atom stereocenters. The fraction of sp³-hybridized carbons (Fsp3) is 0.531. The van der Waals surface area contributed by atoms with Crippen LogP contribution in [0.2, 0.25) is 0 Å². The maximum absolute atomic E-state index is 12.3. The Balaban J connectivity index is 3.66. The molecule has 0 saturated heterocycles. The van der Waals surface area contributed by atoms with Gasteiger partial charge in [0.1, 0.15) is 6.61 Å². The van der Waals surface area contributed by atoms with Gasteiger partial charge in [-0.2, -0.15) is 0 Å².